The van der Waals surface area contributed by atoms with E-state index in [2.05, 4.69) is 0 Å². The molecule has 0 aromatic heterocycles. The third-order valence-electron chi connectivity index (χ3n) is 3.17. The lowest BCUT2D eigenvalue weighted by Gasteiger charge is -2.21. The monoisotopic (exact) mass is 295 g/mol. The number of aryl methyl sites for hydroxylation is 1. The minimum absolute atomic E-state index is 0.0207. The number of carbonyl (C=O) groups is 1. The molecule has 21 heavy (non-hydrogen) atoms. The standard InChI is InChI=1S/C16H25NO4/c1-3-21-15-7-5-4-6-14(15)8-9-16(19)17(10-12-18)11-13-20-2/h4-7,18H,3,8-13H2,1-2H3. The van der Waals surface area contributed by atoms with Gasteiger partial charge in [-0.3, -0.25) is 4.79 Å². The highest BCUT2D eigenvalue weighted by Gasteiger charge is 2.13. The van der Waals surface area contributed by atoms with Crippen LogP contribution >= 0.6 is 0 Å². The van der Waals surface area contributed by atoms with Gasteiger partial charge in [0.2, 0.25) is 5.91 Å². The van der Waals surface area contributed by atoms with Gasteiger partial charge in [-0.15, -0.1) is 0 Å². The number of benzene rings is 1. The van der Waals surface area contributed by atoms with E-state index in [1.54, 1.807) is 12.0 Å². The molecule has 118 valence electrons. The highest BCUT2D eigenvalue weighted by atomic mass is 16.5. The van der Waals surface area contributed by atoms with Gasteiger partial charge in [0.15, 0.2) is 0 Å². The summed E-state index contributed by atoms with van der Waals surface area (Å²) in [5.74, 6) is 0.853. The van der Waals surface area contributed by atoms with Crippen molar-refractivity contribution in [2.75, 3.05) is 40.0 Å². The topological polar surface area (TPSA) is 59.0 Å². The zero-order chi connectivity index (χ0) is 15.5. The predicted octanol–water partition coefficient (Wildman–Crippen LogP) is 1.49. The zero-order valence-corrected chi connectivity index (χ0v) is 12.9. The van der Waals surface area contributed by atoms with Crippen LogP contribution in [0.2, 0.25) is 0 Å². The molecule has 0 bridgehead atoms. The van der Waals surface area contributed by atoms with Gasteiger partial charge in [-0.1, -0.05) is 18.2 Å². The van der Waals surface area contributed by atoms with Crippen molar-refractivity contribution >= 4 is 5.91 Å². The first-order valence-electron chi connectivity index (χ1n) is 7.31. The lowest BCUT2D eigenvalue weighted by Crippen LogP contribution is -2.36. The van der Waals surface area contributed by atoms with Crippen LogP contribution in [-0.4, -0.2) is 55.9 Å². The van der Waals surface area contributed by atoms with E-state index in [0.29, 0.717) is 39.1 Å². The molecule has 1 amide bonds. The van der Waals surface area contributed by atoms with Gasteiger partial charge in [0.1, 0.15) is 5.75 Å². The van der Waals surface area contributed by atoms with Gasteiger partial charge >= 0.3 is 0 Å². The summed E-state index contributed by atoms with van der Waals surface area (Å²) >= 11 is 0. The second-order valence-corrected chi connectivity index (χ2v) is 4.64. The van der Waals surface area contributed by atoms with Crippen LogP contribution in [0.4, 0.5) is 0 Å². The van der Waals surface area contributed by atoms with Crippen LogP contribution < -0.4 is 4.74 Å². The summed E-state index contributed by atoms with van der Waals surface area (Å²) < 4.78 is 10.5. The number of aliphatic hydroxyl groups is 1. The smallest absolute Gasteiger partial charge is 0.223 e. The zero-order valence-electron chi connectivity index (χ0n) is 12.9. The van der Waals surface area contributed by atoms with Crippen LogP contribution in [0, 0.1) is 0 Å². The molecule has 1 N–H and O–H groups in total. The first kappa shape index (κ1) is 17.5. The van der Waals surface area contributed by atoms with E-state index in [1.807, 2.05) is 31.2 Å². The van der Waals surface area contributed by atoms with Crippen LogP contribution in [0.15, 0.2) is 24.3 Å². The molecule has 0 saturated carbocycles. The Hall–Kier alpha value is -1.59. The molecule has 0 atom stereocenters. The Labute approximate surface area is 126 Å². The number of carbonyl (C=O) groups excluding carboxylic acids is 1. The largest absolute Gasteiger partial charge is 0.494 e. The number of ether oxygens (including phenoxy) is 2. The van der Waals surface area contributed by atoms with Gasteiger partial charge in [-0.05, 0) is 25.0 Å². The maximum Gasteiger partial charge on any atom is 0.223 e. The quantitative estimate of drug-likeness (QED) is 0.710. The average molecular weight is 295 g/mol. The highest BCUT2D eigenvalue weighted by Crippen LogP contribution is 2.19. The Kier molecular flexibility index (Phi) is 8.47. The molecule has 0 aliphatic heterocycles. The molecule has 1 aromatic carbocycles. The Morgan fingerprint density at radius 1 is 1.29 bits per heavy atom. The summed E-state index contributed by atoms with van der Waals surface area (Å²) in [6.07, 6.45) is 1.03. The van der Waals surface area contributed by atoms with Crippen molar-refractivity contribution in [2.45, 2.75) is 19.8 Å². The van der Waals surface area contributed by atoms with E-state index >= 15 is 0 Å². The van der Waals surface area contributed by atoms with Crippen molar-refractivity contribution < 1.29 is 19.4 Å². The summed E-state index contributed by atoms with van der Waals surface area (Å²) in [5, 5.41) is 9.03. The Morgan fingerprint density at radius 3 is 2.71 bits per heavy atom. The first-order valence-corrected chi connectivity index (χ1v) is 7.31. The maximum absolute atomic E-state index is 12.2. The van der Waals surface area contributed by atoms with Crippen LogP contribution in [0.5, 0.6) is 5.75 Å². The molecule has 1 rings (SSSR count). The van der Waals surface area contributed by atoms with Gasteiger partial charge in [0, 0.05) is 26.6 Å². The molecule has 5 heteroatoms. The Balaban J connectivity index is 2.57. The molecule has 0 aliphatic carbocycles. The lowest BCUT2D eigenvalue weighted by atomic mass is 10.1. The van der Waals surface area contributed by atoms with Gasteiger partial charge in [0.05, 0.1) is 19.8 Å². The number of aliphatic hydroxyl groups excluding tert-OH is 1. The van der Waals surface area contributed by atoms with Gasteiger partial charge < -0.3 is 19.5 Å². The average Bonchev–Trinajstić information content (AvgIpc) is 2.50. The van der Waals surface area contributed by atoms with E-state index in [9.17, 15) is 4.79 Å². The molecule has 0 aliphatic rings. The first-order chi connectivity index (χ1) is 10.2. The van der Waals surface area contributed by atoms with Crippen LogP contribution in [0.25, 0.3) is 0 Å². The van der Waals surface area contributed by atoms with Crippen LogP contribution in [0.3, 0.4) is 0 Å². The third-order valence-corrected chi connectivity index (χ3v) is 3.17. The lowest BCUT2D eigenvalue weighted by molar-refractivity contribution is -0.132. The molecule has 0 spiro atoms. The second-order valence-electron chi connectivity index (χ2n) is 4.64. The number of para-hydroxylation sites is 1. The third kappa shape index (κ3) is 6.14. The Morgan fingerprint density at radius 2 is 2.05 bits per heavy atom. The Bertz CT molecular complexity index is 422. The number of methoxy groups -OCH3 is 1. The summed E-state index contributed by atoms with van der Waals surface area (Å²) in [6, 6.07) is 7.76. The second kappa shape index (κ2) is 10.2. The summed E-state index contributed by atoms with van der Waals surface area (Å²) in [6.45, 7) is 3.83. The summed E-state index contributed by atoms with van der Waals surface area (Å²) in [5.41, 5.74) is 1.03. The molecule has 0 saturated heterocycles. The van der Waals surface area contributed by atoms with Gasteiger partial charge in [-0.2, -0.15) is 0 Å². The van der Waals surface area contributed by atoms with Crippen molar-refractivity contribution in [3.8, 4) is 5.75 Å². The predicted molar refractivity (Wildman–Crippen MR) is 81.5 cm³/mol. The number of nitrogens with zero attached hydrogens (tertiary/aromatic N) is 1. The molecule has 0 fully saturated rings. The summed E-state index contributed by atoms with van der Waals surface area (Å²) in [7, 11) is 1.60. The van der Waals surface area contributed by atoms with Crippen molar-refractivity contribution in [1.29, 1.82) is 0 Å². The van der Waals surface area contributed by atoms with Crippen molar-refractivity contribution in [3.05, 3.63) is 29.8 Å². The molecular weight excluding hydrogens is 270 g/mol. The minimum Gasteiger partial charge on any atom is -0.494 e. The van der Waals surface area contributed by atoms with Gasteiger partial charge in [-0.25, -0.2) is 0 Å². The van der Waals surface area contributed by atoms with Crippen molar-refractivity contribution in [2.24, 2.45) is 0 Å². The number of rotatable bonds is 10. The van der Waals surface area contributed by atoms with E-state index < -0.39 is 0 Å². The fourth-order valence-corrected chi connectivity index (χ4v) is 2.09. The molecule has 0 unspecified atom stereocenters. The van der Waals surface area contributed by atoms with Crippen LogP contribution in [0.1, 0.15) is 18.9 Å². The van der Waals surface area contributed by atoms with Crippen molar-refractivity contribution in [3.63, 3.8) is 0 Å². The molecule has 0 radical (unpaired) electrons. The fraction of sp³-hybridized carbons (Fsp3) is 0.562. The SMILES string of the molecule is CCOc1ccccc1CCC(=O)N(CCO)CCOC. The number of amides is 1. The molecular formula is C16H25NO4. The number of hydrogen-bond acceptors (Lipinski definition) is 4. The van der Waals surface area contributed by atoms with E-state index in [0.717, 1.165) is 11.3 Å². The highest BCUT2D eigenvalue weighted by molar-refractivity contribution is 5.76. The molecule has 5 nitrogen and oxygen atoms in total. The normalized spacial score (nSPS) is 10.4. The van der Waals surface area contributed by atoms with E-state index in [-0.39, 0.29) is 12.5 Å². The van der Waals surface area contributed by atoms with Crippen molar-refractivity contribution in [1.82, 2.24) is 4.90 Å². The fourth-order valence-electron chi connectivity index (χ4n) is 2.09. The summed E-state index contributed by atoms with van der Waals surface area (Å²) in [4.78, 5) is 13.8. The molecule has 0 heterocycles. The van der Waals surface area contributed by atoms with Crippen LogP contribution in [-0.2, 0) is 16.0 Å². The van der Waals surface area contributed by atoms with E-state index in [1.165, 1.54) is 0 Å². The molecule has 1 aromatic rings. The minimum atomic E-state index is -0.0367. The number of hydrogen-bond donors (Lipinski definition) is 1. The van der Waals surface area contributed by atoms with Gasteiger partial charge in [0.25, 0.3) is 0 Å². The maximum atomic E-state index is 12.2. The van der Waals surface area contributed by atoms with E-state index in [4.69, 9.17) is 14.6 Å².